The molecule has 1 N–H and O–H groups in total. The molecule has 0 radical (unpaired) electrons. The zero-order chi connectivity index (χ0) is 9.42. The van der Waals surface area contributed by atoms with E-state index >= 15 is 0 Å². The van der Waals surface area contributed by atoms with Gasteiger partial charge in [-0.2, -0.15) is 4.98 Å². The number of aromatic amines is 1. The van der Waals surface area contributed by atoms with E-state index < -0.39 is 0 Å². The summed E-state index contributed by atoms with van der Waals surface area (Å²) in [5.41, 5.74) is 0. The molecule has 2 rings (SSSR count). The smallest absolute Gasteiger partial charge is 0.251 e. The molecule has 6 nitrogen and oxygen atoms in total. The van der Waals surface area contributed by atoms with Crippen molar-refractivity contribution in [1.82, 2.24) is 15.2 Å². The van der Waals surface area contributed by atoms with Gasteiger partial charge in [0.25, 0.3) is 5.95 Å². The molecule has 0 saturated carbocycles. The molecule has 1 aromatic heterocycles. The predicted molar refractivity (Wildman–Crippen MR) is 43.1 cm³/mol. The lowest BCUT2D eigenvalue weighted by Gasteiger charge is -2.07. The van der Waals surface area contributed by atoms with Gasteiger partial charge < -0.3 is 0 Å². The SMILES string of the molecule is Cc1nc(N2CC(=O)CC2=O)n[nH]1. The Balaban J connectivity index is 2.27. The Morgan fingerprint density at radius 3 is 2.69 bits per heavy atom. The van der Waals surface area contributed by atoms with Gasteiger partial charge in [-0.05, 0) is 6.92 Å². The molecule has 0 atom stereocenters. The van der Waals surface area contributed by atoms with E-state index in [0.29, 0.717) is 5.82 Å². The molecule has 0 bridgehead atoms. The zero-order valence-electron chi connectivity index (χ0n) is 7.07. The summed E-state index contributed by atoms with van der Waals surface area (Å²) in [6, 6.07) is 0. The lowest BCUT2D eigenvalue weighted by molar-refractivity contribution is -0.121. The maximum absolute atomic E-state index is 11.2. The Morgan fingerprint density at radius 2 is 2.23 bits per heavy atom. The van der Waals surface area contributed by atoms with Crippen molar-refractivity contribution in [3.8, 4) is 0 Å². The van der Waals surface area contributed by atoms with E-state index in [4.69, 9.17) is 0 Å². The Bertz CT molecular complexity index is 370. The van der Waals surface area contributed by atoms with Gasteiger partial charge in [0.1, 0.15) is 5.82 Å². The molecule has 0 spiro atoms. The molecule has 1 aromatic rings. The number of hydrogen-bond acceptors (Lipinski definition) is 4. The maximum Gasteiger partial charge on any atom is 0.251 e. The lowest BCUT2D eigenvalue weighted by atomic mass is 10.3. The number of rotatable bonds is 1. The topological polar surface area (TPSA) is 79.0 Å². The van der Waals surface area contributed by atoms with Crippen LogP contribution in [0.3, 0.4) is 0 Å². The molecule has 68 valence electrons. The number of H-pyrrole nitrogens is 1. The summed E-state index contributed by atoms with van der Waals surface area (Å²) in [7, 11) is 0. The summed E-state index contributed by atoms with van der Waals surface area (Å²) < 4.78 is 0. The Kier molecular flexibility index (Phi) is 1.61. The highest BCUT2D eigenvalue weighted by atomic mass is 16.2. The van der Waals surface area contributed by atoms with Crippen molar-refractivity contribution in [2.45, 2.75) is 13.3 Å². The van der Waals surface area contributed by atoms with Crippen LogP contribution in [0.2, 0.25) is 0 Å². The minimum absolute atomic E-state index is 0.0341. The molecule has 0 aromatic carbocycles. The number of anilines is 1. The van der Waals surface area contributed by atoms with Gasteiger partial charge >= 0.3 is 0 Å². The highest BCUT2D eigenvalue weighted by Gasteiger charge is 2.30. The molecular weight excluding hydrogens is 172 g/mol. The molecule has 1 aliphatic rings. The van der Waals surface area contributed by atoms with Crippen LogP contribution in [0.15, 0.2) is 0 Å². The molecule has 1 amide bonds. The minimum atomic E-state index is -0.232. The fourth-order valence-corrected chi connectivity index (χ4v) is 1.22. The molecular formula is C7H8N4O2. The average Bonchev–Trinajstić information content (AvgIpc) is 2.58. The van der Waals surface area contributed by atoms with Gasteiger partial charge in [-0.1, -0.05) is 0 Å². The second kappa shape index (κ2) is 2.65. The Morgan fingerprint density at radius 1 is 1.46 bits per heavy atom. The number of nitrogens with zero attached hydrogens (tertiary/aromatic N) is 3. The van der Waals surface area contributed by atoms with Crippen LogP contribution in [0.5, 0.6) is 0 Å². The van der Waals surface area contributed by atoms with E-state index in [1.165, 1.54) is 4.90 Å². The summed E-state index contributed by atoms with van der Waals surface area (Å²) in [5.74, 6) is 0.590. The van der Waals surface area contributed by atoms with Crippen LogP contribution >= 0.6 is 0 Å². The first-order valence-corrected chi connectivity index (χ1v) is 3.88. The number of carbonyl (C=O) groups excluding carboxylic acids is 2. The van der Waals surface area contributed by atoms with E-state index in [2.05, 4.69) is 15.2 Å². The molecule has 1 fully saturated rings. The second-order valence-corrected chi connectivity index (χ2v) is 2.92. The third kappa shape index (κ3) is 1.30. The van der Waals surface area contributed by atoms with Crippen LogP contribution in [-0.4, -0.2) is 33.4 Å². The molecule has 2 heterocycles. The van der Waals surface area contributed by atoms with Crippen LogP contribution in [0.4, 0.5) is 5.95 Å². The number of Topliss-reactive ketones (excluding diaryl/α,β-unsaturated/α-hetero) is 1. The summed E-state index contributed by atoms with van der Waals surface area (Å²) >= 11 is 0. The average molecular weight is 180 g/mol. The van der Waals surface area contributed by atoms with Gasteiger partial charge in [0.05, 0.1) is 13.0 Å². The Labute approximate surface area is 74.0 Å². The molecule has 0 aliphatic carbocycles. The van der Waals surface area contributed by atoms with Gasteiger partial charge in [0.15, 0.2) is 5.78 Å². The van der Waals surface area contributed by atoms with Crippen molar-refractivity contribution in [2.75, 3.05) is 11.4 Å². The van der Waals surface area contributed by atoms with Gasteiger partial charge in [0, 0.05) is 0 Å². The van der Waals surface area contributed by atoms with E-state index in [-0.39, 0.29) is 30.6 Å². The predicted octanol–water partition coefficient (Wildman–Crippen LogP) is -0.581. The molecule has 1 aliphatic heterocycles. The first-order valence-electron chi connectivity index (χ1n) is 3.88. The van der Waals surface area contributed by atoms with E-state index in [1.54, 1.807) is 6.92 Å². The van der Waals surface area contributed by atoms with Crippen molar-refractivity contribution in [2.24, 2.45) is 0 Å². The standard InChI is InChI=1S/C7H8N4O2/c1-4-8-7(10-9-4)11-3-5(12)2-6(11)13/h2-3H2,1H3,(H,8,9,10). The van der Waals surface area contributed by atoms with E-state index in [9.17, 15) is 9.59 Å². The number of nitrogens with one attached hydrogen (secondary N) is 1. The Hall–Kier alpha value is -1.72. The number of hydrogen-bond donors (Lipinski definition) is 1. The highest BCUT2D eigenvalue weighted by Crippen LogP contribution is 2.13. The summed E-state index contributed by atoms with van der Waals surface area (Å²) in [4.78, 5) is 27.4. The third-order valence-electron chi connectivity index (χ3n) is 1.81. The third-order valence-corrected chi connectivity index (χ3v) is 1.81. The van der Waals surface area contributed by atoms with Crippen LogP contribution in [0.1, 0.15) is 12.2 Å². The van der Waals surface area contributed by atoms with Crippen LogP contribution in [0, 0.1) is 6.92 Å². The van der Waals surface area contributed by atoms with Gasteiger partial charge in [-0.3, -0.25) is 19.6 Å². The number of aromatic nitrogens is 3. The van der Waals surface area contributed by atoms with Crippen molar-refractivity contribution >= 4 is 17.6 Å². The monoisotopic (exact) mass is 180 g/mol. The lowest BCUT2D eigenvalue weighted by Crippen LogP contribution is -2.25. The van der Waals surface area contributed by atoms with Gasteiger partial charge in [-0.15, -0.1) is 5.10 Å². The first-order chi connectivity index (χ1) is 6.16. The molecule has 1 saturated heterocycles. The van der Waals surface area contributed by atoms with E-state index in [0.717, 1.165) is 0 Å². The normalized spacial score (nSPS) is 17.2. The number of aryl methyl sites for hydroxylation is 1. The van der Waals surface area contributed by atoms with Crippen LogP contribution < -0.4 is 4.90 Å². The molecule has 13 heavy (non-hydrogen) atoms. The van der Waals surface area contributed by atoms with Crippen molar-refractivity contribution in [3.05, 3.63) is 5.82 Å². The largest absolute Gasteiger partial charge is 0.297 e. The summed E-state index contributed by atoms with van der Waals surface area (Å²) in [6.07, 6.45) is -0.0341. The minimum Gasteiger partial charge on any atom is -0.297 e. The number of carbonyl (C=O) groups is 2. The summed E-state index contributed by atoms with van der Waals surface area (Å²) in [5, 5.41) is 6.41. The molecule has 6 heteroatoms. The fourth-order valence-electron chi connectivity index (χ4n) is 1.22. The molecule has 0 unspecified atom stereocenters. The quantitative estimate of drug-likeness (QED) is 0.586. The van der Waals surface area contributed by atoms with Gasteiger partial charge in [0.2, 0.25) is 5.91 Å². The maximum atomic E-state index is 11.2. The van der Waals surface area contributed by atoms with E-state index in [1.807, 2.05) is 0 Å². The number of ketones is 1. The van der Waals surface area contributed by atoms with Crippen molar-refractivity contribution in [1.29, 1.82) is 0 Å². The van der Waals surface area contributed by atoms with Crippen LogP contribution in [-0.2, 0) is 9.59 Å². The number of amides is 1. The van der Waals surface area contributed by atoms with Gasteiger partial charge in [-0.25, -0.2) is 0 Å². The zero-order valence-corrected chi connectivity index (χ0v) is 7.07. The van der Waals surface area contributed by atoms with Crippen molar-refractivity contribution < 1.29 is 9.59 Å². The second-order valence-electron chi connectivity index (χ2n) is 2.92. The summed E-state index contributed by atoms with van der Waals surface area (Å²) in [6.45, 7) is 1.83. The highest BCUT2D eigenvalue weighted by molar-refractivity contribution is 6.14. The first kappa shape index (κ1) is 7.90. The van der Waals surface area contributed by atoms with Crippen LogP contribution in [0.25, 0.3) is 0 Å². The fraction of sp³-hybridized carbons (Fsp3) is 0.429. The van der Waals surface area contributed by atoms with Crippen molar-refractivity contribution in [3.63, 3.8) is 0 Å².